The van der Waals surface area contributed by atoms with Gasteiger partial charge in [-0.15, -0.1) is 0 Å². The van der Waals surface area contributed by atoms with Gasteiger partial charge in [-0.3, -0.25) is 14.4 Å². The van der Waals surface area contributed by atoms with Gasteiger partial charge in [-0.05, 0) is 70.4 Å². The summed E-state index contributed by atoms with van der Waals surface area (Å²) in [5.74, 6) is -0.268. The number of nitrogens with zero attached hydrogens (tertiary/aromatic N) is 4. The van der Waals surface area contributed by atoms with Gasteiger partial charge >= 0.3 is 0 Å². The van der Waals surface area contributed by atoms with E-state index in [1.54, 1.807) is 10.7 Å². The average molecular weight is 397 g/mol. The zero-order valence-electron chi connectivity index (χ0n) is 16.9. The molecule has 2 aliphatic carbocycles. The molecule has 2 aromatic rings. The second-order valence-corrected chi connectivity index (χ2v) is 8.33. The summed E-state index contributed by atoms with van der Waals surface area (Å²) in [4.78, 5) is 36.8. The number of aromatic nitrogens is 4. The molecule has 1 saturated carbocycles. The van der Waals surface area contributed by atoms with Crippen molar-refractivity contribution in [2.24, 2.45) is 0 Å². The van der Waals surface area contributed by atoms with E-state index in [-0.39, 0.29) is 40.8 Å². The number of aryl methyl sites for hydroxylation is 2. The van der Waals surface area contributed by atoms with Crippen molar-refractivity contribution in [2.45, 2.75) is 76.9 Å². The highest BCUT2D eigenvalue weighted by Crippen LogP contribution is 2.28. The Hall–Kier alpha value is -2.77. The van der Waals surface area contributed by atoms with Gasteiger partial charge in [-0.25, -0.2) is 9.36 Å². The smallest absolute Gasteiger partial charge is 0.271 e. The number of hydrogen-bond donors (Lipinski definition) is 1. The minimum atomic E-state index is -0.268. The maximum atomic E-state index is 12.6. The normalized spacial score (nSPS) is 21.2. The molecular weight excluding hydrogens is 370 g/mol. The highest BCUT2D eigenvalue weighted by atomic mass is 16.2. The summed E-state index contributed by atoms with van der Waals surface area (Å²) in [7, 11) is 0. The second kappa shape index (κ2) is 7.93. The molecular formula is C21H27N5O3. The fourth-order valence-corrected chi connectivity index (χ4v) is 4.32. The monoisotopic (exact) mass is 397 g/mol. The predicted octanol–water partition coefficient (Wildman–Crippen LogP) is 1.78. The van der Waals surface area contributed by atoms with Crippen molar-refractivity contribution in [1.82, 2.24) is 24.9 Å². The van der Waals surface area contributed by atoms with E-state index in [9.17, 15) is 14.4 Å². The first-order valence-corrected chi connectivity index (χ1v) is 10.4. The van der Waals surface area contributed by atoms with Gasteiger partial charge in [0.2, 0.25) is 0 Å². The molecule has 4 rings (SSSR count). The first kappa shape index (κ1) is 19.5. The Labute approximate surface area is 168 Å². The van der Waals surface area contributed by atoms with Crippen molar-refractivity contribution < 1.29 is 4.79 Å². The van der Waals surface area contributed by atoms with Crippen LogP contribution in [-0.2, 0) is 12.8 Å². The van der Waals surface area contributed by atoms with Gasteiger partial charge in [0, 0.05) is 18.2 Å². The Morgan fingerprint density at radius 2 is 1.83 bits per heavy atom. The molecule has 0 spiro atoms. The van der Waals surface area contributed by atoms with E-state index < -0.39 is 0 Å². The number of amides is 1. The topological polar surface area (TPSA) is 98.9 Å². The van der Waals surface area contributed by atoms with Crippen LogP contribution >= 0.6 is 0 Å². The van der Waals surface area contributed by atoms with Gasteiger partial charge in [0.15, 0.2) is 0 Å². The van der Waals surface area contributed by atoms with Crippen LogP contribution in [-0.4, -0.2) is 31.5 Å². The molecule has 0 saturated heterocycles. The van der Waals surface area contributed by atoms with E-state index in [1.807, 2.05) is 13.8 Å². The Morgan fingerprint density at radius 3 is 2.55 bits per heavy atom. The summed E-state index contributed by atoms with van der Waals surface area (Å²) in [5.41, 5.74) is 2.17. The standard InChI is InChI=1S/C21H27N5O3/c1-13(2)25-19(27)11-10-18(24-25)21(29)22-15-6-8-16(9-7-15)26-20(28)12-14-4-3-5-17(14)23-26/h10-13,15-16H,3-9H2,1-2H3,(H,22,29). The zero-order chi connectivity index (χ0) is 20.5. The lowest BCUT2D eigenvalue weighted by Crippen LogP contribution is -2.40. The van der Waals surface area contributed by atoms with Crippen molar-refractivity contribution in [3.8, 4) is 0 Å². The van der Waals surface area contributed by atoms with Gasteiger partial charge in [0.25, 0.3) is 17.0 Å². The molecule has 2 aromatic heterocycles. The van der Waals surface area contributed by atoms with Crippen LogP contribution in [0.3, 0.4) is 0 Å². The highest BCUT2D eigenvalue weighted by Gasteiger charge is 2.27. The number of carbonyl (C=O) groups excluding carboxylic acids is 1. The summed E-state index contributed by atoms with van der Waals surface area (Å²) in [5, 5.41) is 11.8. The first-order chi connectivity index (χ1) is 13.9. The third-order valence-corrected chi connectivity index (χ3v) is 5.91. The summed E-state index contributed by atoms with van der Waals surface area (Å²) >= 11 is 0. The summed E-state index contributed by atoms with van der Waals surface area (Å²) in [6, 6.07) is 4.61. The SMILES string of the molecule is CC(C)n1nc(C(=O)NC2CCC(n3nc4c(cc3=O)CCC4)CC2)ccc1=O. The lowest BCUT2D eigenvalue weighted by Gasteiger charge is -2.29. The average Bonchev–Trinajstić information content (AvgIpc) is 3.15. The number of rotatable bonds is 4. The van der Waals surface area contributed by atoms with Crippen LogP contribution in [0.25, 0.3) is 0 Å². The zero-order valence-corrected chi connectivity index (χ0v) is 16.9. The molecule has 8 nitrogen and oxygen atoms in total. The van der Waals surface area contributed by atoms with Crippen molar-refractivity contribution in [3.05, 3.63) is 55.9 Å². The van der Waals surface area contributed by atoms with Gasteiger partial charge in [0.05, 0.1) is 17.8 Å². The molecule has 0 atom stereocenters. The lowest BCUT2D eigenvalue weighted by molar-refractivity contribution is 0.0913. The van der Waals surface area contributed by atoms with E-state index in [1.165, 1.54) is 16.8 Å². The van der Waals surface area contributed by atoms with Crippen LogP contribution < -0.4 is 16.4 Å². The molecule has 29 heavy (non-hydrogen) atoms. The predicted molar refractivity (Wildman–Crippen MR) is 108 cm³/mol. The molecule has 2 aliphatic rings. The molecule has 0 bridgehead atoms. The van der Waals surface area contributed by atoms with Gasteiger partial charge < -0.3 is 5.32 Å². The van der Waals surface area contributed by atoms with E-state index >= 15 is 0 Å². The molecule has 8 heteroatoms. The Bertz CT molecular complexity index is 1030. The summed E-state index contributed by atoms with van der Waals surface area (Å²) in [6.45, 7) is 3.71. The van der Waals surface area contributed by atoms with Crippen molar-refractivity contribution >= 4 is 5.91 Å². The second-order valence-electron chi connectivity index (χ2n) is 8.33. The van der Waals surface area contributed by atoms with Crippen LogP contribution in [0.2, 0.25) is 0 Å². The van der Waals surface area contributed by atoms with Gasteiger partial charge in [-0.2, -0.15) is 10.2 Å². The van der Waals surface area contributed by atoms with Crippen LogP contribution in [0.1, 0.15) is 79.8 Å². The minimum absolute atomic E-state index is 0.0155. The number of hydrogen-bond acceptors (Lipinski definition) is 5. The number of nitrogens with one attached hydrogen (secondary N) is 1. The Kier molecular flexibility index (Phi) is 5.34. The molecule has 1 amide bonds. The van der Waals surface area contributed by atoms with E-state index in [4.69, 9.17) is 0 Å². The third-order valence-electron chi connectivity index (χ3n) is 5.91. The fourth-order valence-electron chi connectivity index (χ4n) is 4.32. The van der Waals surface area contributed by atoms with Crippen LogP contribution in [0.4, 0.5) is 0 Å². The van der Waals surface area contributed by atoms with E-state index in [0.717, 1.165) is 56.2 Å². The van der Waals surface area contributed by atoms with Crippen LogP contribution in [0.15, 0.2) is 27.8 Å². The Morgan fingerprint density at radius 1 is 1.07 bits per heavy atom. The maximum absolute atomic E-state index is 12.6. The van der Waals surface area contributed by atoms with Crippen molar-refractivity contribution in [1.29, 1.82) is 0 Å². The van der Waals surface area contributed by atoms with E-state index in [2.05, 4.69) is 15.5 Å². The van der Waals surface area contributed by atoms with Crippen LogP contribution in [0.5, 0.6) is 0 Å². The van der Waals surface area contributed by atoms with E-state index in [0.29, 0.717) is 0 Å². The maximum Gasteiger partial charge on any atom is 0.271 e. The van der Waals surface area contributed by atoms with Gasteiger partial charge in [-0.1, -0.05) is 0 Å². The lowest BCUT2D eigenvalue weighted by atomic mass is 9.91. The first-order valence-electron chi connectivity index (χ1n) is 10.4. The van der Waals surface area contributed by atoms with Crippen molar-refractivity contribution in [2.75, 3.05) is 0 Å². The molecule has 2 heterocycles. The molecule has 1 N–H and O–H groups in total. The molecule has 0 aliphatic heterocycles. The van der Waals surface area contributed by atoms with Crippen LogP contribution in [0, 0.1) is 0 Å². The quantitative estimate of drug-likeness (QED) is 0.848. The molecule has 0 aromatic carbocycles. The van der Waals surface area contributed by atoms with Crippen molar-refractivity contribution in [3.63, 3.8) is 0 Å². The molecule has 1 fully saturated rings. The number of carbonyl (C=O) groups is 1. The summed E-state index contributed by atoms with van der Waals surface area (Å²) < 4.78 is 2.97. The van der Waals surface area contributed by atoms with Gasteiger partial charge in [0.1, 0.15) is 5.69 Å². The third kappa shape index (κ3) is 4.02. The molecule has 0 radical (unpaired) electrons. The molecule has 0 unspecified atom stereocenters. The highest BCUT2D eigenvalue weighted by molar-refractivity contribution is 5.92. The summed E-state index contributed by atoms with van der Waals surface area (Å²) in [6.07, 6.45) is 6.15. The largest absolute Gasteiger partial charge is 0.348 e. The molecule has 154 valence electrons. The number of fused-ring (bicyclic) bond motifs is 1. The minimum Gasteiger partial charge on any atom is -0.348 e. The fraction of sp³-hybridized carbons (Fsp3) is 0.571. The Balaban J connectivity index is 1.39.